The van der Waals surface area contributed by atoms with Crippen LogP contribution < -0.4 is 14.9 Å². The van der Waals surface area contributed by atoms with Gasteiger partial charge in [-0.25, -0.2) is 4.98 Å². The van der Waals surface area contributed by atoms with Crippen LogP contribution in [0.2, 0.25) is 0 Å². The predicted molar refractivity (Wildman–Crippen MR) is 123 cm³/mol. The molecule has 1 N–H and O–H groups in total. The Hall–Kier alpha value is -4.46. The van der Waals surface area contributed by atoms with Gasteiger partial charge in [0.1, 0.15) is 6.61 Å². The molecule has 8 nitrogen and oxygen atoms in total. The highest BCUT2D eigenvalue weighted by atomic mass is 16.6. The SMILES string of the molecule is COc1cc(/C=N\Nc2ncccc2[N+](=O)[O-])ccc1OCc1ccc2ccccc2c1. The van der Waals surface area contributed by atoms with Crippen molar-refractivity contribution < 1.29 is 14.4 Å². The van der Waals surface area contributed by atoms with Gasteiger partial charge in [0, 0.05) is 12.3 Å². The number of rotatable bonds is 8. The molecule has 160 valence electrons. The monoisotopic (exact) mass is 428 g/mol. The topological polar surface area (TPSA) is 98.9 Å². The molecule has 0 saturated heterocycles. The molecule has 4 rings (SSSR count). The average Bonchev–Trinajstić information content (AvgIpc) is 2.83. The zero-order valence-corrected chi connectivity index (χ0v) is 17.3. The first-order valence-electron chi connectivity index (χ1n) is 9.81. The number of nitrogens with zero attached hydrogens (tertiary/aromatic N) is 3. The molecule has 0 aliphatic carbocycles. The van der Waals surface area contributed by atoms with Crippen LogP contribution >= 0.6 is 0 Å². The van der Waals surface area contributed by atoms with Gasteiger partial charge in [0.15, 0.2) is 11.5 Å². The minimum atomic E-state index is -0.518. The summed E-state index contributed by atoms with van der Waals surface area (Å²) in [6, 6.07) is 22.6. The van der Waals surface area contributed by atoms with Crippen molar-refractivity contribution in [1.29, 1.82) is 0 Å². The van der Waals surface area contributed by atoms with Crippen molar-refractivity contribution in [1.82, 2.24) is 4.98 Å². The molecule has 0 aliphatic heterocycles. The number of hydrogen-bond donors (Lipinski definition) is 1. The first-order valence-corrected chi connectivity index (χ1v) is 9.81. The van der Waals surface area contributed by atoms with Crippen molar-refractivity contribution in [2.45, 2.75) is 6.61 Å². The zero-order chi connectivity index (χ0) is 22.3. The van der Waals surface area contributed by atoms with Crippen LogP contribution in [0.15, 0.2) is 84.1 Å². The standard InChI is InChI=1S/C24H20N4O4/c1-31-23-14-17(15-26-27-24-21(28(29)30)7-4-12-25-24)9-11-22(23)32-16-18-8-10-19-5-2-3-6-20(19)13-18/h2-15H,16H2,1H3,(H,25,27)/b26-15-. The maximum atomic E-state index is 11.0. The molecule has 1 heterocycles. The van der Waals surface area contributed by atoms with E-state index in [0.717, 1.165) is 16.5 Å². The molecule has 0 saturated carbocycles. The number of hydrogen-bond acceptors (Lipinski definition) is 7. The minimum absolute atomic E-state index is 0.0658. The largest absolute Gasteiger partial charge is 0.493 e. The first-order chi connectivity index (χ1) is 15.6. The fourth-order valence-corrected chi connectivity index (χ4v) is 3.17. The third-order valence-electron chi connectivity index (χ3n) is 4.76. The van der Waals surface area contributed by atoms with E-state index in [1.807, 2.05) is 24.3 Å². The van der Waals surface area contributed by atoms with Gasteiger partial charge in [-0.05, 0) is 52.2 Å². The molecule has 0 unspecified atom stereocenters. The van der Waals surface area contributed by atoms with Gasteiger partial charge >= 0.3 is 5.69 Å². The van der Waals surface area contributed by atoms with E-state index in [1.165, 1.54) is 29.9 Å². The number of hydrazone groups is 1. The van der Waals surface area contributed by atoms with Crippen molar-refractivity contribution in [3.63, 3.8) is 0 Å². The number of benzene rings is 3. The first kappa shape index (κ1) is 20.8. The normalized spacial score (nSPS) is 10.9. The Morgan fingerprint density at radius 3 is 2.69 bits per heavy atom. The summed E-state index contributed by atoms with van der Waals surface area (Å²) < 4.78 is 11.4. The van der Waals surface area contributed by atoms with Crippen molar-refractivity contribution in [3.8, 4) is 11.5 Å². The molecule has 0 radical (unpaired) electrons. The lowest BCUT2D eigenvalue weighted by Gasteiger charge is -2.12. The summed E-state index contributed by atoms with van der Waals surface area (Å²) in [4.78, 5) is 14.5. The lowest BCUT2D eigenvalue weighted by Crippen LogP contribution is -2.00. The van der Waals surface area contributed by atoms with Crippen LogP contribution in [0.5, 0.6) is 11.5 Å². The van der Waals surface area contributed by atoms with Gasteiger partial charge in [0.2, 0.25) is 5.82 Å². The third kappa shape index (κ3) is 4.81. The third-order valence-corrected chi connectivity index (χ3v) is 4.76. The molecule has 0 spiro atoms. The summed E-state index contributed by atoms with van der Waals surface area (Å²) in [6.45, 7) is 0.402. The highest BCUT2D eigenvalue weighted by Gasteiger charge is 2.13. The molecule has 0 aliphatic rings. The number of aromatic nitrogens is 1. The quantitative estimate of drug-likeness (QED) is 0.236. The molecular formula is C24H20N4O4. The van der Waals surface area contributed by atoms with Crippen LogP contribution in [0, 0.1) is 10.1 Å². The summed E-state index contributed by atoms with van der Waals surface area (Å²) in [5.74, 6) is 1.22. The van der Waals surface area contributed by atoms with E-state index >= 15 is 0 Å². The van der Waals surface area contributed by atoms with Gasteiger partial charge in [-0.2, -0.15) is 5.10 Å². The summed E-state index contributed by atoms with van der Waals surface area (Å²) >= 11 is 0. The maximum absolute atomic E-state index is 11.0. The van der Waals surface area contributed by atoms with Crippen LogP contribution in [0.3, 0.4) is 0 Å². The fourth-order valence-electron chi connectivity index (χ4n) is 3.17. The van der Waals surface area contributed by atoms with Gasteiger partial charge in [-0.1, -0.05) is 36.4 Å². The summed E-state index contributed by atoms with van der Waals surface area (Å²) in [6.07, 6.45) is 2.98. The molecule has 1 aromatic heterocycles. The fraction of sp³-hybridized carbons (Fsp3) is 0.0833. The van der Waals surface area contributed by atoms with Crippen molar-refractivity contribution in [3.05, 3.63) is 100 Å². The van der Waals surface area contributed by atoms with Crippen molar-refractivity contribution >= 4 is 28.5 Å². The smallest absolute Gasteiger partial charge is 0.313 e. The van der Waals surface area contributed by atoms with Crippen molar-refractivity contribution in [2.24, 2.45) is 5.10 Å². The van der Waals surface area contributed by atoms with Crippen LogP contribution in [-0.4, -0.2) is 23.2 Å². The molecule has 4 aromatic rings. The Morgan fingerprint density at radius 2 is 1.88 bits per heavy atom. The Morgan fingerprint density at radius 1 is 1.03 bits per heavy atom. The van der Waals surface area contributed by atoms with Crippen LogP contribution in [-0.2, 0) is 6.61 Å². The second kappa shape index (κ2) is 9.57. The number of pyridine rings is 1. The van der Waals surface area contributed by atoms with E-state index in [9.17, 15) is 10.1 Å². The lowest BCUT2D eigenvalue weighted by atomic mass is 10.1. The number of nitrogens with one attached hydrogen (secondary N) is 1. The molecule has 0 bridgehead atoms. The van der Waals surface area contributed by atoms with E-state index in [0.29, 0.717) is 18.1 Å². The Balaban J connectivity index is 1.44. The second-order valence-electron chi connectivity index (χ2n) is 6.88. The van der Waals surface area contributed by atoms with Gasteiger partial charge in [-0.3, -0.25) is 15.5 Å². The number of fused-ring (bicyclic) bond motifs is 1. The number of methoxy groups -OCH3 is 1. The summed E-state index contributed by atoms with van der Waals surface area (Å²) in [5, 5.41) is 17.4. The van der Waals surface area contributed by atoms with E-state index in [2.05, 4.69) is 39.8 Å². The molecule has 0 amide bonds. The molecule has 8 heteroatoms. The lowest BCUT2D eigenvalue weighted by molar-refractivity contribution is -0.384. The highest BCUT2D eigenvalue weighted by Crippen LogP contribution is 2.29. The molecule has 0 atom stereocenters. The molecule has 0 fully saturated rings. The van der Waals surface area contributed by atoms with Gasteiger partial charge in [-0.15, -0.1) is 0 Å². The molecule has 32 heavy (non-hydrogen) atoms. The summed E-state index contributed by atoms with van der Waals surface area (Å²) in [5.41, 5.74) is 4.23. The average molecular weight is 428 g/mol. The molecular weight excluding hydrogens is 408 g/mol. The second-order valence-corrected chi connectivity index (χ2v) is 6.88. The van der Waals surface area contributed by atoms with Gasteiger partial charge in [0.05, 0.1) is 18.2 Å². The summed E-state index contributed by atoms with van der Waals surface area (Å²) in [7, 11) is 1.56. The minimum Gasteiger partial charge on any atom is -0.493 e. The maximum Gasteiger partial charge on any atom is 0.313 e. The number of ether oxygens (including phenoxy) is 2. The Labute approximate surface area is 184 Å². The van der Waals surface area contributed by atoms with E-state index in [-0.39, 0.29) is 11.5 Å². The molecule has 3 aromatic carbocycles. The van der Waals surface area contributed by atoms with E-state index in [4.69, 9.17) is 9.47 Å². The van der Waals surface area contributed by atoms with Crippen LogP contribution in [0.4, 0.5) is 11.5 Å². The van der Waals surface area contributed by atoms with Crippen LogP contribution in [0.1, 0.15) is 11.1 Å². The van der Waals surface area contributed by atoms with Gasteiger partial charge < -0.3 is 9.47 Å². The van der Waals surface area contributed by atoms with E-state index in [1.54, 1.807) is 19.2 Å². The Bertz CT molecular complexity index is 1290. The predicted octanol–water partition coefficient (Wildman–Crippen LogP) is 5.18. The zero-order valence-electron chi connectivity index (χ0n) is 17.3. The number of nitro groups is 1. The Kier molecular flexibility index (Phi) is 6.22. The number of anilines is 1. The van der Waals surface area contributed by atoms with Crippen LogP contribution in [0.25, 0.3) is 10.8 Å². The highest BCUT2D eigenvalue weighted by molar-refractivity contribution is 5.83. The van der Waals surface area contributed by atoms with E-state index < -0.39 is 4.92 Å². The van der Waals surface area contributed by atoms with Gasteiger partial charge in [0.25, 0.3) is 0 Å². The van der Waals surface area contributed by atoms with Crippen molar-refractivity contribution in [2.75, 3.05) is 12.5 Å².